The standard InChI is InChI=1S/C14H15Cl2N3OS/c15-10-2-1-3-11(16)9(10)5-7-18-14(20)12-8-21-13(19-12)4-6-17/h1-3,8H,4-7,17H2,(H,18,20). The van der Waals surface area contributed by atoms with Crippen LogP contribution in [-0.4, -0.2) is 24.0 Å². The van der Waals surface area contributed by atoms with E-state index in [1.165, 1.54) is 11.3 Å². The first kappa shape index (κ1) is 16.2. The Kier molecular flexibility index (Phi) is 5.99. The van der Waals surface area contributed by atoms with E-state index in [1.54, 1.807) is 23.6 Å². The molecule has 0 fully saturated rings. The molecular weight excluding hydrogens is 329 g/mol. The second-order valence-corrected chi connectivity index (χ2v) is 6.13. The molecule has 2 aromatic rings. The van der Waals surface area contributed by atoms with Crippen molar-refractivity contribution < 1.29 is 4.79 Å². The van der Waals surface area contributed by atoms with E-state index in [-0.39, 0.29) is 5.91 Å². The van der Waals surface area contributed by atoms with E-state index < -0.39 is 0 Å². The average Bonchev–Trinajstić information content (AvgIpc) is 2.91. The van der Waals surface area contributed by atoms with Crippen LogP contribution in [0.3, 0.4) is 0 Å². The zero-order valence-electron chi connectivity index (χ0n) is 11.2. The Morgan fingerprint density at radius 1 is 1.29 bits per heavy atom. The summed E-state index contributed by atoms with van der Waals surface area (Å²) in [6, 6.07) is 5.36. The maximum absolute atomic E-state index is 12.0. The molecule has 0 unspecified atom stereocenters. The minimum Gasteiger partial charge on any atom is -0.350 e. The van der Waals surface area contributed by atoms with E-state index in [1.807, 2.05) is 0 Å². The molecule has 4 nitrogen and oxygen atoms in total. The van der Waals surface area contributed by atoms with Crippen LogP contribution in [0.2, 0.25) is 10.0 Å². The van der Waals surface area contributed by atoms with Gasteiger partial charge in [-0.15, -0.1) is 11.3 Å². The van der Waals surface area contributed by atoms with Crippen LogP contribution in [0.4, 0.5) is 0 Å². The van der Waals surface area contributed by atoms with Crippen LogP contribution in [0.5, 0.6) is 0 Å². The molecule has 1 heterocycles. The minimum absolute atomic E-state index is 0.197. The average molecular weight is 344 g/mol. The van der Waals surface area contributed by atoms with Crippen molar-refractivity contribution in [1.82, 2.24) is 10.3 Å². The van der Waals surface area contributed by atoms with Gasteiger partial charge < -0.3 is 11.1 Å². The largest absolute Gasteiger partial charge is 0.350 e. The summed E-state index contributed by atoms with van der Waals surface area (Å²) in [7, 11) is 0. The lowest BCUT2D eigenvalue weighted by atomic mass is 10.1. The number of aromatic nitrogens is 1. The lowest BCUT2D eigenvalue weighted by molar-refractivity contribution is 0.0949. The second-order valence-electron chi connectivity index (χ2n) is 4.37. The molecule has 0 atom stereocenters. The monoisotopic (exact) mass is 343 g/mol. The molecule has 0 saturated carbocycles. The van der Waals surface area contributed by atoms with Crippen molar-refractivity contribution in [1.29, 1.82) is 0 Å². The first-order valence-corrected chi connectivity index (χ1v) is 8.11. The van der Waals surface area contributed by atoms with Gasteiger partial charge in [0.15, 0.2) is 0 Å². The summed E-state index contributed by atoms with van der Waals surface area (Å²) in [5.41, 5.74) is 6.72. The van der Waals surface area contributed by atoms with Crippen LogP contribution < -0.4 is 11.1 Å². The Balaban J connectivity index is 1.89. The highest BCUT2D eigenvalue weighted by atomic mass is 35.5. The molecule has 1 aromatic carbocycles. The van der Waals surface area contributed by atoms with Crippen molar-refractivity contribution in [3.05, 3.63) is 49.9 Å². The molecule has 21 heavy (non-hydrogen) atoms. The Bertz CT molecular complexity index is 610. The molecule has 112 valence electrons. The summed E-state index contributed by atoms with van der Waals surface area (Å²) in [5.74, 6) is -0.197. The van der Waals surface area contributed by atoms with Gasteiger partial charge in [0.25, 0.3) is 5.91 Å². The first-order chi connectivity index (χ1) is 10.1. The highest BCUT2D eigenvalue weighted by molar-refractivity contribution is 7.09. The second kappa shape index (κ2) is 7.75. The smallest absolute Gasteiger partial charge is 0.270 e. The molecule has 0 aliphatic heterocycles. The maximum atomic E-state index is 12.0. The van der Waals surface area contributed by atoms with Gasteiger partial charge in [0.05, 0.1) is 5.01 Å². The Morgan fingerprint density at radius 2 is 2.00 bits per heavy atom. The predicted molar refractivity (Wildman–Crippen MR) is 87.4 cm³/mol. The fourth-order valence-corrected chi connectivity index (χ4v) is 3.20. The van der Waals surface area contributed by atoms with Crippen LogP contribution in [0.15, 0.2) is 23.6 Å². The summed E-state index contributed by atoms with van der Waals surface area (Å²) in [4.78, 5) is 16.2. The molecule has 0 saturated heterocycles. The molecule has 0 aliphatic carbocycles. The number of nitrogens with zero attached hydrogens (tertiary/aromatic N) is 1. The van der Waals surface area contributed by atoms with Gasteiger partial charge in [-0.05, 0) is 30.7 Å². The van der Waals surface area contributed by atoms with Gasteiger partial charge in [0.2, 0.25) is 0 Å². The van der Waals surface area contributed by atoms with Crippen molar-refractivity contribution in [3.8, 4) is 0 Å². The molecule has 0 radical (unpaired) electrons. The summed E-state index contributed by atoms with van der Waals surface area (Å²) in [6.45, 7) is 0.978. The van der Waals surface area contributed by atoms with Gasteiger partial charge in [-0.1, -0.05) is 29.3 Å². The summed E-state index contributed by atoms with van der Waals surface area (Å²) >= 11 is 13.6. The molecule has 3 N–H and O–H groups in total. The van der Waals surface area contributed by atoms with E-state index in [0.29, 0.717) is 41.7 Å². The minimum atomic E-state index is -0.197. The Hall–Kier alpha value is -1.14. The summed E-state index contributed by atoms with van der Waals surface area (Å²) < 4.78 is 0. The number of carbonyl (C=O) groups excluding carboxylic acids is 1. The number of amides is 1. The maximum Gasteiger partial charge on any atom is 0.270 e. The summed E-state index contributed by atoms with van der Waals surface area (Å²) in [6.07, 6.45) is 1.26. The number of hydrogen-bond acceptors (Lipinski definition) is 4. The number of nitrogens with two attached hydrogens (primary N) is 1. The van der Waals surface area contributed by atoms with E-state index in [9.17, 15) is 4.79 Å². The van der Waals surface area contributed by atoms with Crippen molar-refractivity contribution in [2.24, 2.45) is 5.73 Å². The van der Waals surface area contributed by atoms with Gasteiger partial charge >= 0.3 is 0 Å². The normalized spacial score (nSPS) is 10.6. The number of hydrogen-bond donors (Lipinski definition) is 2. The number of halogens is 2. The quantitative estimate of drug-likeness (QED) is 0.847. The third kappa shape index (κ3) is 4.41. The number of nitrogens with one attached hydrogen (secondary N) is 1. The summed E-state index contributed by atoms with van der Waals surface area (Å²) in [5, 5.41) is 6.64. The van der Waals surface area contributed by atoms with Crippen molar-refractivity contribution in [2.75, 3.05) is 13.1 Å². The topological polar surface area (TPSA) is 68.0 Å². The van der Waals surface area contributed by atoms with Gasteiger partial charge in [0.1, 0.15) is 5.69 Å². The van der Waals surface area contributed by atoms with Gasteiger partial charge in [-0.3, -0.25) is 4.79 Å². The van der Waals surface area contributed by atoms with Gasteiger partial charge in [-0.25, -0.2) is 4.98 Å². The third-order valence-electron chi connectivity index (χ3n) is 2.86. The molecular formula is C14H15Cl2N3OS. The van der Waals surface area contributed by atoms with E-state index in [0.717, 1.165) is 10.6 Å². The first-order valence-electron chi connectivity index (χ1n) is 6.47. The van der Waals surface area contributed by atoms with Crippen LogP contribution in [0.1, 0.15) is 21.1 Å². The molecule has 0 bridgehead atoms. The highest BCUT2D eigenvalue weighted by Crippen LogP contribution is 2.24. The SMILES string of the molecule is NCCc1nc(C(=O)NCCc2c(Cl)cccc2Cl)cs1. The molecule has 0 spiro atoms. The van der Waals surface area contributed by atoms with Crippen LogP contribution >= 0.6 is 34.5 Å². The Labute approximate surface area is 137 Å². The molecule has 7 heteroatoms. The van der Waals surface area contributed by atoms with Crippen molar-refractivity contribution in [2.45, 2.75) is 12.8 Å². The van der Waals surface area contributed by atoms with E-state index in [4.69, 9.17) is 28.9 Å². The predicted octanol–water partition coefficient (Wildman–Crippen LogP) is 2.92. The van der Waals surface area contributed by atoms with Crippen LogP contribution in [-0.2, 0) is 12.8 Å². The fourth-order valence-electron chi connectivity index (χ4n) is 1.82. The number of rotatable bonds is 6. The lowest BCUT2D eigenvalue weighted by Gasteiger charge is -2.07. The highest BCUT2D eigenvalue weighted by Gasteiger charge is 2.11. The molecule has 0 aliphatic rings. The number of carbonyl (C=O) groups is 1. The van der Waals surface area contributed by atoms with Crippen LogP contribution in [0, 0.1) is 0 Å². The lowest BCUT2D eigenvalue weighted by Crippen LogP contribution is -2.26. The van der Waals surface area contributed by atoms with Gasteiger partial charge in [-0.2, -0.15) is 0 Å². The third-order valence-corrected chi connectivity index (χ3v) is 4.48. The zero-order chi connectivity index (χ0) is 15.2. The van der Waals surface area contributed by atoms with Crippen molar-refractivity contribution >= 4 is 40.4 Å². The van der Waals surface area contributed by atoms with Crippen LogP contribution in [0.25, 0.3) is 0 Å². The number of benzene rings is 1. The molecule has 1 aromatic heterocycles. The van der Waals surface area contributed by atoms with E-state index in [2.05, 4.69) is 10.3 Å². The van der Waals surface area contributed by atoms with E-state index >= 15 is 0 Å². The molecule has 1 amide bonds. The van der Waals surface area contributed by atoms with Crippen molar-refractivity contribution in [3.63, 3.8) is 0 Å². The Morgan fingerprint density at radius 3 is 2.67 bits per heavy atom. The van der Waals surface area contributed by atoms with Gasteiger partial charge in [0, 0.05) is 28.4 Å². The fraction of sp³-hybridized carbons (Fsp3) is 0.286. The molecule has 2 rings (SSSR count). The zero-order valence-corrected chi connectivity index (χ0v) is 13.6. The number of thiazole rings is 1.